The Kier molecular flexibility index (Phi) is 4.68. The quantitative estimate of drug-likeness (QED) is 0.670. The summed E-state index contributed by atoms with van der Waals surface area (Å²) in [6, 6.07) is 13.2. The van der Waals surface area contributed by atoms with Crippen LogP contribution in [0.2, 0.25) is 0 Å². The molecule has 2 N–H and O–H groups in total. The third-order valence-electron chi connectivity index (χ3n) is 3.17. The van der Waals surface area contributed by atoms with E-state index in [1.54, 1.807) is 48.5 Å². The van der Waals surface area contributed by atoms with Crippen molar-refractivity contribution in [3.8, 4) is 0 Å². The number of amides is 2. The van der Waals surface area contributed by atoms with E-state index in [1.807, 2.05) is 6.92 Å². The number of ketones is 1. The van der Waals surface area contributed by atoms with Crippen LogP contribution < -0.4 is 10.6 Å². The van der Waals surface area contributed by atoms with Crippen LogP contribution in [0.1, 0.15) is 26.3 Å². The van der Waals surface area contributed by atoms with Gasteiger partial charge in [0.2, 0.25) is 0 Å². The molecule has 2 aromatic carbocycles. The molecule has 0 heterocycles. The molecule has 22 heavy (non-hydrogen) atoms. The fraction of sp³-hybridized carbons (Fsp3) is 0.118. The van der Waals surface area contributed by atoms with Crippen LogP contribution in [0.25, 0.3) is 0 Å². The maximum Gasteiger partial charge on any atom is 0.296 e. The van der Waals surface area contributed by atoms with Crippen LogP contribution in [0.3, 0.4) is 0 Å². The topological polar surface area (TPSA) is 75.3 Å². The van der Waals surface area contributed by atoms with Crippen molar-refractivity contribution < 1.29 is 14.4 Å². The summed E-state index contributed by atoms with van der Waals surface area (Å²) in [5.74, 6) is -1.76. The van der Waals surface area contributed by atoms with Gasteiger partial charge in [-0.2, -0.15) is 0 Å². The molecule has 2 amide bonds. The van der Waals surface area contributed by atoms with Gasteiger partial charge in [0.1, 0.15) is 0 Å². The third-order valence-corrected chi connectivity index (χ3v) is 3.17. The molecule has 0 aromatic heterocycles. The van der Waals surface area contributed by atoms with Gasteiger partial charge in [-0.3, -0.25) is 14.4 Å². The Hall–Kier alpha value is -2.95. The first kappa shape index (κ1) is 15.4. The number of aryl methyl sites for hydroxylation is 1. The standard InChI is InChI=1S/C17H16N2O3/c1-11-7-9-12(10-8-11)15(20)17(22)19-14-6-4-3-5-13(14)16(21)18-2/h3-10H,1-2H3,(H,18,21)(H,19,22). The number of hydrogen-bond donors (Lipinski definition) is 2. The lowest BCUT2D eigenvalue weighted by molar-refractivity contribution is -0.112. The Morgan fingerprint density at radius 2 is 1.55 bits per heavy atom. The highest BCUT2D eigenvalue weighted by molar-refractivity contribution is 6.46. The van der Waals surface area contributed by atoms with E-state index in [0.29, 0.717) is 16.8 Å². The van der Waals surface area contributed by atoms with Crippen molar-refractivity contribution in [2.75, 3.05) is 12.4 Å². The predicted octanol–water partition coefficient (Wildman–Crippen LogP) is 2.18. The second-order valence-corrected chi connectivity index (χ2v) is 4.77. The van der Waals surface area contributed by atoms with Gasteiger partial charge in [0.05, 0.1) is 11.3 Å². The highest BCUT2D eigenvalue weighted by Crippen LogP contribution is 2.15. The molecule has 0 unspecified atom stereocenters. The van der Waals surface area contributed by atoms with Crippen molar-refractivity contribution in [2.24, 2.45) is 0 Å². The van der Waals surface area contributed by atoms with Crippen LogP contribution >= 0.6 is 0 Å². The molecule has 5 heteroatoms. The number of anilines is 1. The van der Waals surface area contributed by atoms with E-state index in [2.05, 4.69) is 10.6 Å². The lowest BCUT2D eigenvalue weighted by atomic mass is 10.1. The second kappa shape index (κ2) is 6.67. The van der Waals surface area contributed by atoms with E-state index < -0.39 is 11.7 Å². The molecule has 0 saturated heterocycles. The zero-order chi connectivity index (χ0) is 16.1. The largest absolute Gasteiger partial charge is 0.355 e. The Labute approximate surface area is 128 Å². The number of carbonyl (C=O) groups excluding carboxylic acids is 3. The molecule has 0 aliphatic rings. The molecule has 2 rings (SSSR count). The second-order valence-electron chi connectivity index (χ2n) is 4.77. The molecule has 112 valence electrons. The van der Waals surface area contributed by atoms with Gasteiger partial charge in [0, 0.05) is 12.6 Å². The minimum absolute atomic E-state index is 0.298. The van der Waals surface area contributed by atoms with E-state index in [1.165, 1.54) is 7.05 Å². The highest BCUT2D eigenvalue weighted by atomic mass is 16.2. The van der Waals surface area contributed by atoms with Gasteiger partial charge in [0.25, 0.3) is 17.6 Å². The van der Waals surface area contributed by atoms with Gasteiger partial charge in [0.15, 0.2) is 0 Å². The summed E-state index contributed by atoms with van der Waals surface area (Å²) in [6.07, 6.45) is 0. The van der Waals surface area contributed by atoms with Crippen molar-refractivity contribution in [2.45, 2.75) is 6.92 Å². The van der Waals surface area contributed by atoms with Crippen molar-refractivity contribution in [3.05, 3.63) is 65.2 Å². The SMILES string of the molecule is CNC(=O)c1ccccc1NC(=O)C(=O)c1ccc(C)cc1. The minimum atomic E-state index is -0.778. The monoisotopic (exact) mass is 296 g/mol. The molecule has 0 fully saturated rings. The summed E-state index contributed by atoms with van der Waals surface area (Å²) >= 11 is 0. The number of hydrogen-bond acceptors (Lipinski definition) is 3. The van der Waals surface area contributed by atoms with Crippen LogP contribution in [-0.2, 0) is 4.79 Å². The average Bonchev–Trinajstić information content (AvgIpc) is 2.54. The van der Waals surface area contributed by atoms with Crippen molar-refractivity contribution in [1.29, 1.82) is 0 Å². The number of carbonyl (C=O) groups is 3. The van der Waals surface area contributed by atoms with E-state index in [9.17, 15) is 14.4 Å². The molecule has 5 nitrogen and oxygen atoms in total. The molecule has 0 bridgehead atoms. The molecule has 2 aromatic rings. The molecule has 0 saturated carbocycles. The molecule has 0 spiro atoms. The number of para-hydroxylation sites is 1. The molecular weight excluding hydrogens is 280 g/mol. The van der Waals surface area contributed by atoms with Gasteiger partial charge in [-0.15, -0.1) is 0 Å². The summed E-state index contributed by atoms with van der Waals surface area (Å²) < 4.78 is 0. The third kappa shape index (κ3) is 3.38. The van der Waals surface area contributed by atoms with Crippen LogP contribution in [0, 0.1) is 6.92 Å². The summed E-state index contributed by atoms with van der Waals surface area (Å²) in [7, 11) is 1.50. The summed E-state index contributed by atoms with van der Waals surface area (Å²) in [5.41, 5.74) is 1.91. The van der Waals surface area contributed by atoms with Gasteiger partial charge in [-0.25, -0.2) is 0 Å². The summed E-state index contributed by atoms with van der Waals surface area (Å²) in [6.45, 7) is 1.90. The van der Waals surface area contributed by atoms with Crippen LogP contribution in [0.4, 0.5) is 5.69 Å². The van der Waals surface area contributed by atoms with Crippen molar-refractivity contribution in [1.82, 2.24) is 5.32 Å². The lowest BCUT2D eigenvalue weighted by Crippen LogP contribution is -2.26. The first-order valence-electron chi connectivity index (χ1n) is 6.76. The average molecular weight is 296 g/mol. The Morgan fingerprint density at radius 1 is 0.909 bits per heavy atom. The van der Waals surface area contributed by atoms with E-state index >= 15 is 0 Å². The van der Waals surface area contributed by atoms with Crippen LogP contribution in [-0.4, -0.2) is 24.6 Å². The Morgan fingerprint density at radius 3 is 2.18 bits per heavy atom. The molecule has 0 atom stereocenters. The molecule has 0 aliphatic heterocycles. The van der Waals surface area contributed by atoms with E-state index in [4.69, 9.17) is 0 Å². The maximum absolute atomic E-state index is 12.1. The van der Waals surface area contributed by atoms with E-state index in [-0.39, 0.29) is 5.91 Å². The van der Waals surface area contributed by atoms with Crippen molar-refractivity contribution >= 4 is 23.3 Å². The Balaban J connectivity index is 2.20. The number of nitrogens with one attached hydrogen (secondary N) is 2. The fourth-order valence-electron chi connectivity index (χ4n) is 1.94. The van der Waals surface area contributed by atoms with Gasteiger partial charge < -0.3 is 10.6 Å². The van der Waals surface area contributed by atoms with Gasteiger partial charge >= 0.3 is 0 Å². The predicted molar refractivity (Wildman–Crippen MR) is 84.0 cm³/mol. The number of benzene rings is 2. The summed E-state index contributed by atoms with van der Waals surface area (Å²) in [5, 5.41) is 4.98. The molecule has 0 radical (unpaired) electrons. The first-order chi connectivity index (χ1) is 10.5. The van der Waals surface area contributed by atoms with E-state index in [0.717, 1.165) is 5.56 Å². The maximum atomic E-state index is 12.1. The normalized spacial score (nSPS) is 9.91. The number of Topliss-reactive ketones (excluding diaryl/α,β-unsaturated/α-hetero) is 1. The Bertz CT molecular complexity index is 721. The zero-order valence-electron chi connectivity index (χ0n) is 12.3. The smallest absolute Gasteiger partial charge is 0.296 e. The van der Waals surface area contributed by atoms with Crippen molar-refractivity contribution in [3.63, 3.8) is 0 Å². The van der Waals surface area contributed by atoms with Crippen LogP contribution in [0.5, 0.6) is 0 Å². The van der Waals surface area contributed by atoms with Gasteiger partial charge in [-0.1, -0.05) is 42.0 Å². The fourth-order valence-corrected chi connectivity index (χ4v) is 1.94. The minimum Gasteiger partial charge on any atom is -0.355 e. The van der Waals surface area contributed by atoms with Gasteiger partial charge in [-0.05, 0) is 19.1 Å². The number of rotatable bonds is 4. The van der Waals surface area contributed by atoms with Crippen LogP contribution in [0.15, 0.2) is 48.5 Å². The zero-order valence-corrected chi connectivity index (χ0v) is 12.3. The summed E-state index contributed by atoms with van der Waals surface area (Å²) in [4.78, 5) is 35.9. The molecular formula is C17H16N2O3. The highest BCUT2D eigenvalue weighted by Gasteiger charge is 2.18. The first-order valence-corrected chi connectivity index (χ1v) is 6.76. The lowest BCUT2D eigenvalue weighted by Gasteiger charge is -2.09. The molecule has 0 aliphatic carbocycles.